The molecule has 3 N–H and O–H groups in total. The molecule has 1 aromatic rings. The van der Waals surface area contributed by atoms with Crippen molar-refractivity contribution in [1.29, 1.82) is 0 Å². The number of hydrogen-bond donors (Lipinski definition) is 3. The maximum Gasteiger partial charge on any atom is 0.251 e. The molecule has 1 aromatic carbocycles. The van der Waals surface area contributed by atoms with Gasteiger partial charge in [-0.2, -0.15) is 0 Å². The largest absolute Gasteiger partial charge is 0.351 e. The number of carbonyl (C=O) groups is 2. The van der Waals surface area contributed by atoms with E-state index < -0.39 is 0 Å². The van der Waals surface area contributed by atoms with Gasteiger partial charge in [-0.25, -0.2) is 0 Å². The second-order valence-corrected chi connectivity index (χ2v) is 5.85. The number of nitrogens with one attached hydrogen (secondary N) is 3. The SMILES string of the molecule is CCC(C)NC(=O)c1cccc(CNC(=O)C2CCCN2)c1.Cl. The summed E-state index contributed by atoms with van der Waals surface area (Å²) in [4.78, 5) is 24.1. The van der Waals surface area contributed by atoms with Crippen molar-refractivity contribution in [1.82, 2.24) is 16.0 Å². The van der Waals surface area contributed by atoms with Gasteiger partial charge in [0.05, 0.1) is 6.04 Å². The van der Waals surface area contributed by atoms with E-state index in [-0.39, 0.29) is 36.3 Å². The van der Waals surface area contributed by atoms with Crippen LogP contribution in [0.25, 0.3) is 0 Å². The minimum atomic E-state index is -0.0723. The van der Waals surface area contributed by atoms with Crippen molar-refractivity contribution in [3.05, 3.63) is 35.4 Å². The van der Waals surface area contributed by atoms with Crippen LogP contribution in [0, 0.1) is 0 Å². The Kier molecular flexibility index (Phi) is 8.06. The van der Waals surface area contributed by atoms with E-state index in [1.807, 2.05) is 32.0 Å². The molecule has 2 rings (SSSR count). The highest BCUT2D eigenvalue weighted by atomic mass is 35.5. The van der Waals surface area contributed by atoms with E-state index in [0.29, 0.717) is 12.1 Å². The van der Waals surface area contributed by atoms with Gasteiger partial charge in [0.15, 0.2) is 0 Å². The standard InChI is InChI=1S/C17H25N3O2.ClH/c1-3-12(2)20-16(21)14-7-4-6-13(10-14)11-19-17(22)15-8-5-9-18-15;/h4,6-7,10,12,15,18H,3,5,8-9,11H2,1-2H3,(H,19,22)(H,20,21);1H. The molecule has 0 bridgehead atoms. The van der Waals surface area contributed by atoms with Gasteiger partial charge < -0.3 is 16.0 Å². The van der Waals surface area contributed by atoms with Crippen LogP contribution in [0.1, 0.15) is 49.0 Å². The second kappa shape index (κ2) is 9.53. The lowest BCUT2D eigenvalue weighted by Crippen LogP contribution is -2.40. The summed E-state index contributed by atoms with van der Waals surface area (Å²) in [5.41, 5.74) is 1.56. The van der Waals surface area contributed by atoms with E-state index in [0.717, 1.165) is 31.4 Å². The van der Waals surface area contributed by atoms with Crippen molar-refractivity contribution in [3.63, 3.8) is 0 Å². The van der Waals surface area contributed by atoms with Crippen LogP contribution >= 0.6 is 12.4 Å². The van der Waals surface area contributed by atoms with Gasteiger partial charge in [0.1, 0.15) is 0 Å². The first kappa shape index (κ1) is 19.5. The van der Waals surface area contributed by atoms with E-state index in [4.69, 9.17) is 0 Å². The molecule has 0 spiro atoms. The van der Waals surface area contributed by atoms with Gasteiger partial charge >= 0.3 is 0 Å². The highest BCUT2D eigenvalue weighted by Crippen LogP contribution is 2.08. The maximum absolute atomic E-state index is 12.1. The predicted molar refractivity (Wildman–Crippen MR) is 93.8 cm³/mol. The number of hydrogen-bond acceptors (Lipinski definition) is 3. The lowest BCUT2D eigenvalue weighted by atomic mass is 10.1. The highest BCUT2D eigenvalue weighted by Gasteiger charge is 2.21. The quantitative estimate of drug-likeness (QED) is 0.742. The van der Waals surface area contributed by atoms with Crippen LogP contribution in [0.4, 0.5) is 0 Å². The molecule has 2 amide bonds. The molecule has 6 heteroatoms. The molecule has 0 radical (unpaired) electrons. The summed E-state index contributed by atoms with van der Waals surface area (Å²) in [5, 5.41) is 9.05. The summed E-state index contributed by atoms with van der Waals surface area (Å²) in [6, 6.07) is 7.48. The molecule has 1 fully saturated rings. The van der Waals surface area contributed by atoms with Gasteiger partial charge in [0, 0.05) is 18.2 Å². The Hall–Kier alpha value is -1.59. The smallest absolute Gasteiger partial charge is 0.251 e. The predicted octanol–water partition coefficient (Wildman–Crippen LogP) is 2.00. The first-order valence-corrected chi connectivity index (χ1v) is 8.01. The molecule has 1 aliphatic heterocycles. The van der Waals surface area contributed by atoms with Crippen LogP contribution in [-0.4, -0.2) is 30.4 Å². The molecule has 23 heavy (non-hydrogen) atoms. The number of carbonyl (C=O) groups excluding carboxylic acids is 2. The monoisotopic (exact) mass is 339 g/mol. The third kappa shape index (κ3) is 5.84. The van der Waals surface area contributed by atoms with Gasteiger partial charge in [-0.3, -0.25) is 9.59 Å². The van der Waals surface area contributed by atoms with Gasteiger partial charge in [-0.15, -0.1) is 12.4 Å². The molecule has 0 saturated carbocycles. The molecule has 1 heterocycles. The Morgan fingerprint density at radius 3 is 2.83 bits per heavy atom. The van der Waals surface area contributed by atoms with Gasteiger partial charge in [-0.1, -0.05) is 19.1 Å². The Bertz CT molecular complexity index is 530. The van der Waals surface area contributed by atoms with Crippen LogP contribution in [-0.2, 0) is 11.3 Å². The van der Waals surface area contributed by atoms with Crippen LogP contribution in [0.3, 0.4) is 0 Å². The molecule has 128 valence electrons. The molecule has 5 nitrogen and oxygen atoms in total. The number of amides is 2. The summed E-state index contributed by atoms with van der Waals surface area (Å²) >= 11 is 0. The van der Waals surface area contributed by atoms with Gasteiger partial charge in [0.25, 0.3) is 5.91 Å². The van der Waals surface area contributed by atoms with E-state index in [1.165, 1.54) is 0 Å². The minimum Gasteiger partial charge on any atom is -0.351 e. The maximum atomic E-state index is 12.1. The third-order valence-electron chi connectivity index (χ3n) is 4.02. The van der Waals surface area contributed by atoms with E-state index >= 15 is 0 Å². The Labute approximate surface area is 144 Å². The van der Waals surface area contributed by atoms with Crippen LogP contribution in [0.15, 0.2) is 24.3 Å². The molecule has 2 atom stereocenters. The summed E-state index contributed by atoms with van der Waals surface area (Å²) in [6.45, 7) is 5.37. The molecule has 0 aliphatic carbocycles. The molecule has 0 aromatic heterocycles. The fourth-order valence-electron chi connectivity index (χ4n) is 2.45. The lowest BCUT2D eigenvalue weighted by Gasteiger charge is -2.13. The topological polar surface area (TPSA) is 70.2 Å². The van der Waals surface area contributed by atoms with Crippen molar-refractivity contribution in [3.8, 4) is 0 Å². The Morgan fingerprint density at radius 2 is 2.17 bits per heavy atom. The van der Waals surface area contributed by atoms with Crippen molar-refractivity contribution < 1.29 is 9.59 Å². The first-order chi connectivity index (χ1) is 10.6. The highest BCUT2D eigenvalue weighted by molar-refractivity contribution is 5.94. The summed E-state index contributed by atoms with van der Waals surface area (Å²) in [5.74, 6) is -0.0352. The summed E-state index contributed by atoms with van der Waals surface area (Å²) in [6.07, 6.45) is 2.84. The molecular formula is C17H26ClN3O2. The fraction of sp³-hybridized carbons (Fsp3) is 0.529. The van der Waals surface area contributed by atoms with Crippen molar-refractivity contribution in [2.24, 2.45) is 0 Å². The van der Waals surface area contributed by atoms with Crippen molar-refractivity contribution in [2.45, 2.75) is 51.7 Å². The average molecular weight is 340 g/mol. The lowest BCUT2D eigenvalue weighted by molar-refractivity contribution is -0.122. The summed E-state index contributed by atoms with van der Waals surface area (Å²) in [7, 11) is 0. The average Bonchev–Trinajstić information content (AvgIpc) is 3.07. The van der Waals surface area contributed by atoms with Crippen LogP contribution in [0.2, 0.25) is 0 Å². The van der Waals surface area contributed by atoms with Crippen LogP contribution in [0.5, 0.6) is 0 Å². The van der Waals surface area contributed by atoms with E-state index in [9.17, 15) is 9.59 Å². The molecule has 2 unspecified atom stereocenters. The van der Waals surface area contributed by atoms with Gasteiger partial charge in [-0.05, 0) is 50.4 Å². The van der Waals surface area contributed by atoms with E-state index in [1.54, 1.807) is 6.07 Å². The van der Waals surface area contributed by atoms with Crippen molar-refractivity contribution >= 4 is 24.2 Å². The number of rotatable bonds is 6. The minimum absolute atomic E-state index is 0. The van der Waals surface area contributed by atoms with Gasteiger partial charge in [0.2, 0.25) is 5.91 Å². The second-order valence-electron chi connectivity index (χ2n) is 5.85. The summed E-state index contributed by atoms with van der Waals surface area (Å²) < 4.78 is 0. The number of halogens is 1. The zero-order valence-electron chi connectivity index (χ0n) is 13.7. The zero-order chi connectivity index (χ0) is 15.9. The zero-order valence-corrected chi connectivity index (χ0v) is 14.5. The molecular weight excluding hydrogens is 314 g/mol. The molecule has 1 aliphatic rings. The molecule has 1 saturated heterocycles. The Morgan fingerprint density at radius 1 is 1.39 bits per heavy atom. The third-order valence-corrected chi connectivity index (χ3v) is 4.02. The Balaban J connectivity index is 0.00000264. The van der Waals surface area contributed by atoms with E-state index in [2.05, 4.69) is 16.0 Å². The fourth-order valence-corrected chi connectivity index (χ4v) is 2.45. The van der Waals surface area contributed by atoms with Crippen LogP contribution < -0.4 is 16.0 Å². The van der Waals surface area contributed by atoms with Crippen molar-refractivity contribution in [2.75, 3.05) is 6.54 Å². The normalized spacial score (nSPS) is 17.9. The number of benzene rings is 1. The first-order valence-electron chi connectivity index (χ1n) is 8.01.